The fraction of sp³-hybridized carbons (Fsp3) is 0.500. The second kappa shape index (κ2) is 6.77. The molecule has 1 aromatic carbocycles. The molecule has 1 aliphatic heterocycles. The molecule has 2 rings (SSSR count). The lowest BCUT2D eigenvalue weighted by atomic mass is 10.1. The van der Waals surface area contributed by atoms with Crippen molar-refractivity contribution >= 4 is 27.5 Å². The minimum atomic E-state index is -3.55. The van der Waals surface area contributed by atoms with Crippen molar-refractivity contribution in [3.8, 4) is 0 Å². The number of rotatable bonds is 5. The zero-order chi connectivity index (χ0) is 15.5. The number of hydrogen-bond donors (Lipinski definition) is 1. The van der Waals surface area contributed by atoms with Crippen molar-refractivity contribution in [1.82, 2.24) is 9.62 Å². The number of amides is 1. The van der Waals surface area contributed by atoms with E-state index in [-0.39, 0.29) is 16.8 Å². The zero-order valence-corrected chi connectivity index (χ0v) is 13.5. The van der Waals surface area contributed by atoms with Gasteiger partial charge in [0.25, 0.3) is 0 Å². The van der Waals surface area contributed by atoms with Crippen molar-refractivity contribution in [3.63, 3.8) is 0 Å². The molecule has 1 unspecified atom stereocenters. The van der Waals surface area contributed by atoms with E-state index >= 15 is 0 Å². The Balaban J connectivity index is 2.06. The van der Waals surface area contributed by atoms with Gasteiger partial charge in [-0.3, -0.25) is 4.79 Å². The molecule has 0 aromatic heterocycles. The van der Waals surface area contributed by atoms with Crippen LogP contribution in [0.5, 0.6) is 0 Å². The van der Waals surface area contributed by atoms with Crippen molar-refractivity contribution in [3.05, 3.63) is 29.8 Å². The number of carbonyl (C=O) groups is 1. The van der Waals surface area contributed by atoms with Crippen LogP contribution in [0.25, 0.3) is 0 Å². The largest absolute Gasteiger partial charge is 0.344 e. The molecule has 1 heterocycles. The number of piperidine rings is 1. The van der Waals surface area contributed by atoms with Crippen LogP contribution in [0, 0.1) is 0 Å². The molecular formula is C14H19ClN2O3S. The van der Waals surface area contributed by atoms with Crippen LogP contribution in [-0.4, -0.2) is 44.7 Å². The van der Waals surface area contributed by atoms with Crippen molar-refractivity contribution in [1.29, 1.82) is 0 Å². The van der Waals surface area contributed by atoms with E-state index < -0.39 is 10.0 Å². The Hall–Kier alpha value is -1.11. The third-order valence-corrected chi connectivity index (χ3v) is 5.29. The van der Waals surface area contributed by atoms with E-state index in [0.717, 1.165) is 5.56 Å². The number of benzene rings is 1. The second-order valence-electron chi connectivity index (χ2n) is 5.21. The molecule has 0 aliphatic carbocycles. The molecule has 1 fully saturated rings. The first-order chi connectivity index (χ1) is 9.92. The summed E-state index contributed by atoms with van der Waals surface area (Å²) in [6.07, 6.45) is 1.62. The monoisotopic (exact) mass is 330 g/mol. The average Bonchev–Trinajstić information content (AvgIpc) is 2.44. The highest BCUT2D eigenvalue weighted by molar-refractivity contribution is 7.89. The first kappa shape index (κ1) is 16.3. The average molecular weight is 331 g/mol. The third-order valence-electron chi connectivity index (χ3n) is 3.57. The Kier molecular flexibility index (Phi) is 5.24. The number of nitrogens with one attached hydrogen (secondary N) is 1. The van der Waals surface area contributed by atoms with Gasteiger partial charge in [-0.25, -0.2) is 13.1 Å². The third kappa shape index (κ3) is 4.18. The molecule has 1 saturated heterocycles. The van der Waals surface area contributed by atoms with Gasteiger partial charge in [-0.05, 0) is 30.5 Å². The summed E-state index contributed by atoms with van der Waals surface area (Å²) in [5.74, 6) is 0.558. The molecule has 0 radical (unpaired) electrons. The number of nitrogens with zero attached hydrogens (tertiary/aromatic N) is 1. The van der Waals surface area contributed by atoms with E-state index in [9.17, 15) is 13.2 Å². The molecule has 0 bridgehead atoms. The maximum Gasteiger partial charge on any atom is 0.240 e. The summed E-state index contributed by atoms with van der Waals surface area (Å²) in [5, 5.41) is 0. The number of likely N-dealkylation sites (tertiary alicyclic amines) is 1. The Morgan fingerprint density at radius 1 is 1.33 bits per heavy atom. The Morgan fingerprint density at radius 3 is 2.57 bits per heavy atom. The number of alkyl halides is 1. The van der Waals surface area contributed by atoms with Crippen molar-refractivity contribution in [2.75, 3.05) is 19.5 Å². The van der Waals surface area contributed by atoms with E-state index in [2.05, 4.69) is 4.72 Å². The number of halogens is 1. The van der Waals surface area contributed by atoms with Gasteiger partial charge in [0.15, 0.2) is 0 Å². The lowest BCUT2D eigenvalue weighted by Gasteiger charge is -2.29. The molecular weight excluding hydrogens is 312 g/mol. The van der Waals surface area contributed by atoms with Crippen LogP contribution in [0.3, 0.4) is 0 Å². The van der Waals surface area contributed by atoms with E-state index in [0.29, 0.717) is 31.7 Å². The van der Waals surface area contributed by atoms with E-state index in [1.807, 2.05) is 0 Å². The summed E-state index contributed by atoms with van der Waals surface area (Å²) in [6, 6.07) is 6.48. The fourth-order valence-corrected chi connectivity index (χ4v) is 3.82. The summed E-state index contributed by atoms with van der Waals surface area (Å²) in [7, 11) is -1.87. The zero-order valence-electron chi connectivity index (χ0n) is 11.9. The van der Waals surface area contributed by atoms with Gasteiger partial charge >= 0.3 is 0 Å². The molecule has 116 valence electrons. The van der Waals surface area contributed by atoms with Gasteiger partial charge in [0.2, 0.25) is 15.9 Å². The predicted molar refractivity (Wildman–Crippen MR) is 81.8 cm³/mol. The number of aryl methyl sites for hydroxylation is 1. The summed E-state index contributed by atoms with van der Waals surface area (Å²) in [5.41, 5.74) is 1.01. The lowest BCUT2D eigenvalue weighted by molar-refractivity contribution is -0.132. The highest BCUT2D eigenvalue weighted by Gasteiger charge is 2.27. The van der Waals surface area contributed by atoms with Gasteiger partial charge in [-0.2, -0.15) is 0 Å². The Bertz CT molecular complexity index is 601. The standard InChI is InChI=1S/C14H19ClN2O3S/c1-17-10-12(4-7-14(17)18)16-21(19,20)13-5-2-11(3-6-13)8-9-15/h2-3,5-6,12,16H,4,7-10H2,1H3. The molecule has 21 heavy (non-hydrogen) atoms. The molecule has 1 N–H and O–H groups in total. The highest BCUT2D eigenvalue weighted by atomic mass is 35.5. The lowest BCUT2D eigenvalue weighted by Crippen LogP contribution is -2.48. The Morgan fingerprint density at radius 2 is 2.00 bits per heavy atom. The predicted octanol–water partition coefficient (Wildman–Crippen LogP) is 1.37. The van der Waals surface area contributed by atoms with E-state index in [1.165, 1.54) is 0 Å². The quantitative estimate of drug-likeness (QED) is 0.829. The first-order valence-corrected chi connectivity index (χ1v) is 8.85. The molecule has 5 nitrogen and oxygen atoms in total. The second-order valence-corrected chi connectivity index (χ2v) is 7.31. The summed E-state index contributed by atoms with van der Waals surface area (Å²) in [4.78, 5) is 13.2. The molecule has 1 aromatic rings. The van der Waals surface area contributed by atoms with E-state index in [4.69, 9.17) is 11.6 Å². The fourth-order valence-electron chi connectivity index (χ4n) is 2.34. The minimum Gasteiger partial charge on any atom is -0.344 e. The molecule has 1 aliphatic rings. The first-order valence-electron chi connectivity index (χ1n) is 6.83. The van der Waals surface area contributed by atoms with Crippen LogP contribution in [0.1, 0.15) is 18.4 Å². The summed E-state index contributed by atoms with van der Waals surface area (Å²) < 4.78 is 27.3. The molecule has 7 heteroatoms. The normalized spacial score (nSPS) is 19.8. The van der Waals surface area contributed by atoms with Gasteiger partial charge < -0.3 is 4.90 Å². The Labute approximate surface area is 130 Å². The van der Waals surface area contributed by atoms with Crippen LogP contribution < -0.4 is 4.72 Å². The summed E-state index contributed by atoms with van der Waals surface area (Å²) in [6.45, 7) is 0.405. The molecule has 0 saturated carbocycles. The van der Waals surface area contributed by atoms with Crippen molar-refractivity contribution in [2.45, 2.75) is 30.2 Å². The van der Waals surface area contributed by atoms with Gasteiger partial charge in [0, 0.05) is 31.9 Å². The maximum atomic E-state index is 12.3. The van der Waals surface area contributed by atoms with Gasteiger partial charge in [0.05, 0.1) is 4.90 Å². The summed E-state index contributed by atoms with van der Waals surface area (Å²) >= 11 is 5.66. The molecule has 1 amide bonds. The van der Waals surface area contributed by atoms with Crippen LogP contribution in [0.15, 0.2) is 29.2 Å². The highest BCUT2D eigenvalue weighted by Crippen LogP contribution is 2.15. The van der Waals surface area contributed by atoms with Crippen LogP contribution in [0.4, 0.5) is 0 Å². The number of likely N-dealkylation sites (N-methyl/N-ethyl adjacent to an activating group) is 1. The SMILES string of the molecule is CN1CC(NS(=O)(=O)c2ccc(CCCl)cc2)CCC1=O. The van der Waals surface area contributed by atoms with E-state index in [1.54, 1.807) is 36.2 Å². The van der Waals surface area contributed by atoms with Gasteiger partial charge in [-0.15, -0.1) is 11.6 Å². The number of hydrogen-bond acceptors (Lipinski definition) is 3. The van der Waals surface area contributed by atoms with Gasteiger partial charge in [0.1, 0.15) is 0 Å². The maximum absolute atomic E-state index is 12.3. The molecule has 1 atom stereocenters. The van der Waals surface area contributed by atoms with Crippen molar-refractivity contribution in [2.24, 2.45) is 0 Å². The van der Waals surface area contributed by atoms with Crippen LogP contribution in [-0.2, 0) is 21.2 Å². The van der Waals surface area contributed by atoms with Crippen molar-refractivity contribution < 1.29 is 13.2 Å². The number of sulfonamides is 1. The topological polar surface area (TPSA) is 66.5 Å². The number of carbonyl (C=O) groups excluding carboxylic acids is 1. The molecule has 0 spiro atoms. The van der Waals surface area contributed by atoms with Crippen LogP contribution >= 0.6 is 11.6 Å². The smallest absolute Gasteiger partial charge is 0.240 e. The minimum absolute atomic E-state index is 0.0517. The van der Waals surface area contributed by atoms with Crippen LogP contribution in [0.2, 0.25) is 0 Å². The van der Waals surface area contributed by atoms with Gasteiger partial charge in [-0.1, -0.05) is 12.1 Å².